The molecule has 7 heteroatoms. The molecule has 3 N–H and O–H groups in total. The van der Waals surface area contributed by atoms with Crippen LogP contribution in [0.1, 0.15) is 13.8 Å². The lowest BCUT2D eigenvalue weighted by Gasteiger charge is -2.09. The summed E-state index contributed by atoms with van der Waals surface area (Å²) in [7, 11) is -3.17. The van der Waals surface area contributed by atoms with Crippen LogP contribution in [-0.4, -0.2) is 38.8 Å². The van der Waals surface area contributed by atoms with Crippen LogP contribution in [-0.2, 0) is 10.0 Å². The number of anilines is 2. The van der Waals surface area contributed by atoms with Crippen molar-refractivity contribution in [2.75, 3.05) is 36.0 Å². The Morgan fingerprint density at radius 3 is 2.39 bits per heavy atom. The van der Waals surface area contributed by atoms with E-state index in [-0.39, 0.29) is 5.75 Å². The highest BCUT2D eigenvalue weighted by Gasteiger charge is 2.07. The highest BCUT2D eigenvalue weighted by molar-refractivity contribution is 7.89. The normalized spacial score (nSPS) is 11.2. The molecule has 0 aliphatic heterocycles. The molecule has 0 spiro atoms. The molecule has 0 fully saturated rings. The van der Waals surface area contributed by atoms with Crippen LogP contribution in [0.15, 0.2) is 18.5 Å². The van der Waals surface area contributed by atoms with Crippen LogP contribution in [0.2, 0.25) is 0 Å². The molecule has 0 bridgehead atoms. The first-order valence-corrected chi connectivity index (χ1v) is 7.62. The predicted octanol–water partition coefficient (Wildman–Crippen LogP) is 0.865. The Balaban J connectivity index is 2.46. The van der Waals surface area contributed by atoms with E-state index in [9.17, 15) is 8.42 Å². The van der Waals surface area contributed by atoms with Crippen molar-refractivity contribution in [2.45, 2.75) is 13.8 Å². The molecule has 0 aliphatic carbocycles. The molecule has 0 saturated carbocycles. The number of aromatic nitrogens is 1. The molecular formula is C11H20N4O2S. The van der Waals surface area contributed by atoms with Crippen LogP contribution in [0.25, 0.3) is 0 Å². The quantitative estimate of drug-likeness (QED) is 0.654. The first-order chi connectivity index (χ1) is 8.57. The molecule has 1 aromatic heterocycles. The Kier molecular flexibility index (Phi) is 5.87. The Morgan fingerprint density at radius 2 is 1.78 bits per heavy atom. The van der Waals surface area contributed by atoms with Crippen molar-refractivity contribution >= 4 is 21.4 Å². The van der Waals surface area contributed by atoms with Crippen LogP contribution in [0, 0.1) is 0 Å². The summed E-state index contributed by atoms with van der Waals surface area (Å²) in [6.07, 6.45) is 3.39. The second-order valence-corrected chi connectivity index (χ2v) is 5.66. The zero-order valence-corrected chi connectivity index (χ0v) is 11.5. The Bertz CT molecular complexity index is 462. The van der Waals surface area contributed by atoms with Gasteiger partial charge in [-0.05, 0) is 13.0 Å². The summed E-state index contributed by atoms with van der Waals surface area (Å²) in [4.78, 5) is 4.06. The van der Waals surface area contributed by atoms with Crippen molar-refractivity contribution in [2.24, 2.45) is 0 Å². The molecule has 0 unspecified atom stereocenters. The van der Waals surface area contributed by atoms with E-state index in [4.69, 9.17) is 0 Å². The van der Waals surface area contributed by atoms with Gasteiger partial charge in [-0.25, -0.2) is 13.1 Å². The maximum atomic E-state index is 11.4. The molecule has 1 rings (SSSR count). The summed E-state index contributed by atoms with van der Waals surface area (Å²) in [5.41, 5.74) is 1.72. The number of sulfonamides is 1. The van der Waals surface area contributed by atoms with Crippen molar-refractivity contribution in [3.8, 4) is 0 Å². The number of nitrogens with zero attached hydrogens (tertiary/aromatic N) is 1. The Hall–Kier alpha value is -1.34. The molecule has 18 heavy (non-hydrogen) atoms. The number of nitrogens with one attached hydrogen (secondary N) is 3. The molecule has 0 atom stereocenters. The summed E-state index contributed by atoms with van der Waals surface area (Å²) in [5.74, 6) is 0.0479. The topological polar surface area (TPSA) is 83.1 Å². The third-order valence-electron chi connectivity index (χ3n) is 2.18. The van der Waals surface area contributed by atoms with Crippen LogP contribution < -0.4 is 15.4 Å². The minimum absolute atomic E-state index is 0.0479. The number of pyridine rings is 1. The number of rotatable bonds is 8. The SMILES string of the molecule is CCNc1cncc(NCCS(=O)(=O)NCC)c1. The third-order valence-corrected chi connectivity index (χ3v) is 3.65. The molecule has 0 radical (unpaired) electrons. The maximum absolute atomic E-state index is 11.4. The molecule has 1 aromatic rings. The summed E-state index contributed by atoms with van der Waals surface area (Å²) >= 11 is 0. The fourth-order valence-corrected chi connectivity index (χ4v) is 2.41. The monoisotopic (exact) mass is 272 g/mol. The van der Waals surface area contributed by atoms with Gasteiger partial charge in [0.1, 0.15) is 0 Å². The van der Waals surface area contributed by atoms with E-state index in [2.05, 4.69) is 20.3 Å². The Morgan fingerprint density at radius 1 is 1.11 bits per heavy atom. The van der Waals surface area contributed by atoms with Gasteiger partial charge in [0.15, 0.2) is 0 Å². The summed E-state index contributed by atoms with van der Waals surface area (Å²) in [6, 6.07) is 1.90. The van der Waals surface area contributed by atoms with Crippen molar-refractivity contribution < 1.29 is 8.42 Å². The van der Waals surface area contributed by atoms with E-state index in [0.717, 1.165) is 17.9 Å². The second-order valence-electron chi connectivity index (χ2n) is 3.74. The lowest BCUT2D eigenvalue weighted by Crippen LogP contribution is -2.29. The van der Waals surface area contributed by atoms with Gasteiger partial charge in [0.05, 0.1) is 29.5 Å². The molecular weight excluding hydrogens is 252 g/mol. The van der Waals surface area contributed by atoms with Gasteiger partial charge in [-0.3, -0.25) is 4.98 Å². The van der Waals surface area contributed by atoms with E-state index in [1.54, 1.807) is 19.3 Å². The van der Waals surface area contributed by atoms with Gasteiger partial charge in [0.25, 0.3) is 0 Å². The minimum atomic E-state index is -3.17. The highest BCUT2D eigenvalue weighted by Crippen LogP contribution is 2.12. The summed E-state index contributed by atoms with van der Waals surface area (Å²) < 4.78 is 25.3. The fourth-order valence-electron chi connectivity index (χ4n) is 1.46. The number of hydrogen-bond acceptors (Lipinski definition) is 5. The van der Waals surface area contributed by atoms with E-state index in [0.29, 0.717) is 13.1 Å². The van der Waals surface area contributed by atoms with Crippen LogP contribution in [0.4, 0.5) is 11.4 Å². The average Bonchev–Trinajstić information content (AvgIpc) is 2.29. The molecule has 0 amide bonds. The molecule has 1 heterocycles. The van der Waals surface area contributed by atoms with Crippen LogP contribution in [0.5, 0.6) is 0 Å². The van der Waals surface area contributed by atoms with Crippen molar-refractivity contribution in [3.63, 3.8) is 0 Å². The first-order valence-electron chi connectivity index (χ1n) is 5.97. The van der Waals surface area contributed by atoms with E-state index >= 15 is 0 Å². The minimum Gasteiger partial charge on any atom is -0.384 e. The number of hydrogen-bond donors (Lipinski definition) is 3. The van der Waals surface area contributed by atoms with Crippen LogP contribution >= 0.6 is 0 Å². The summed E-state index contributed by atoms with van der Waals surface area (Å²) in [6.45, 7) is 5.35. The van der Waals surface area contributed by atoms with Gasteiger partial charge in [-0.15, -0.1) is 0 Å². The van der Waals surface area contributed by atoms with Crippen LogP contribution in [0.3, 0.4) is 0 Å². The third kappa shape index (κ3) is 5.33. The first kappa shape index (κ1) is 14.7. The fraction of sp³-hybridized carbons (Fsp3) is 0.545. The van der Waals surface area contributed by atoms with Gasteiger partial charge >= 0.3 is 0 Å². The van der Waals surface area contributed by atoms with Crippen molar-refractivity contribution in [1.82, 2.24) is 9.71 Å². The standard InChI is InChI=1S/C11H20N4O2S/c1-3-13-10-7-11(9-12-8-10)14-5-6-18(16,17)15-4-2/h7-9,13-15H,3-6H2,1-2H3. The zero-order chi connectivity index (χ0) is 13.4. The van der Waals surface area contributed by atoms with E-state index in [1.165, 1.54) is 0 Å². The Labute approximate surface area is 108 Å². The van der Waals surface area contributed by atoms with Gasteiger partial charge in [0, 0.05) is 19.6 Å². The highest BCUT2D eigenvalue weighted by atomic mass is 32.2. The van der Waals surface area contributed by atoms with Crippen molar-refractivity contribution in [3.05, 3.63) is 18.5 Å². The second kappa shape index (κ2) is 7.17. The van der Waals surface area contributed by atoms with E-state index in [1.807, 2.05) is 13.0 Å². The van der Waals surface area contributed by atoms with Gasteiger partial charge in [-0.2, -0.15) is 0 Å². The maximum Gasteiger partial charge on any atom is 0.213 e. The van der Waals surface area contributed by atoms with Gasteiger partial charge in [0.2, 0.25) is 10.0 Å². The lowest BCUT2D eigenvalue weighted by molar-refractivity contribution is 0.584. The predicted molar refractivity (Wildman–Crippen MR) is 74.4 cm³/mol. The average molecular weight is 272 g/mol. The smallest absolute Gasteiger partial charge is 0.213 e. The van der Waals surface area contributed by atoms with Gasteiger partial charge < -0.3 is 10.6 Å². The summed E-state index contributed by atoms with van der Waals surface area (Å²) in [5, 5.41) is 6.18. The van der Waals surface area contributed by atoms with Gasteiger partial charge in [-0.1, -0.05) is 6.92 Å². The van der Waals surface area contributed by atoms with E-state index < -0.39 is 10.0 Å². The molecule has 0 aliphatic rings. The largest absolute Gasteiger partial charge is 0.384 e. The van der Waals surface area contributed by atoms with Crippen molar-refractivity contribution in [1.29, 1.82) is 0 Å². The molecule has 0 saturated heterocycles. The molecule has 0 aromatic carbocycles. The lowest BCUT2D eigenvalue weighted by atomic mass is 10.3. The molecule has 102 valence electrons. The molecule has 6 nitrogen and oxygen atoms in total. The zero-order valence-electron chi connectivity index (χ0n) is 10.7.